The molecular weight excluding hydrogens is 351 g/mol. The van der Waals surface area contributed by atoms with E-state index in [1.165, 1.54) is 6.07 Å². The minimum atomic E-state index is -0.332. The summed E-state index contributed by atoms with van der Waals surface area (Å²) in [4.78, 5) is 0. The minimum Gasteiger partial charge on any atom is -0.397 e. The highest BCUT2D eigenvalue weighted by Crippen LogP contribution is 2.31. The second-order valence-electron chi connectivity index (χ2n) is 3.45. The number of nitrogens with one attached hydrogen (secondary N) is 1. The summed E-state index contributed by atoms with van der Waals surface area (Å²) in [5.74, 6) is -0.332. The molecule has 0 atom stereocenters. The second kappa shape index (κ2) is 5.06. The summed E-state index contributed by atoms with van der Waals surface area (Å²) in [6, 6.07) is 10.2. The fourth-order valence-electron chi connectivity index (χ4n) is 1.40. The van der Waals surface area contributed by atoms with Crippen LogP contribution < -0.4 is 11.1 Å². The van der Waals surface area contributed by atoms with Crippen LogP contribution in [0.25, 0.3) is 0 Å². The molecule has 0 heterocycles. The van der Waals surface area contributed by atoms with Gasteiger partial charge in [-0.2, -0.15) is 0 Å². The van der Waals surface area contributed by atoms with Crippen molar-refractivity contribution in [2.45, 2.75) is 0 Å². The topological polar surface area (TPSA) is 38.0 Å². The Kier molecular flexibility index (Phi) is 3.69. The molecule has 0 aliphatic heterocycles. The molecule has 0 aliphatic rings. The highest BCUT2D eigenvalue weighted by molar-refractivity contribution is 9.10. The first-order valence-electron chi connectivity index (χ1n) is 4.84. The van der Waals surface area contributed by atoms with Crippen LogP contribution in [-0.4, -0.2) is 0 Å². The lowest BCUT2D eigenvalue weighted by atomic mass is 10.2. The predicted octanol–water partition coefficient (Wildman–Crippen LogP) is 4.68. The third kappa shape index (κ3) is 2.79. The summed E-state index contributed by atoms with van der Waals surface area (Å²) in [5, 5.41) is 2.97. The monoisotopic (exact) mass is 358 g/mol. The maximum absolute atomic E-state index is 13.6. The van der Waals surface area contributed by atoms with E-state index in [0.717, 1.165) is 4.47 Å². The number of nitrogen functional groups attached to an aromatic ring is 1. The Bertz CT molecular complexity index is 538. The Morgan fingerprint density at radius 2 is 1.88 bits per heavy atom. The van der Waals surface area contributed by atoms with E-state index < -0.39 is 0 Å². The molecular formula is C12H9Br2FN2. The molecule has 2 aromatic rings. The SMILES string of the molecule is Nc1cc(Br)ccc1Nc1c(F)cccc1Br. The van der Waals surface area contributed by atoms with Gasteiger partial charge in [0.15, 0.2) is 0 Å². The summed E-state index contributed by atoms with van der Waals surface area (Å²) in [6.45, 7) is 0. The fraction of sp³-hybridized carbons (Fsp3) is 0. The smallest absolute Gasteiger partial charge is 0.147 e. The van der Waals surface area contributed by atoms with Gasteiger partial charge in [-0.05, 0) is 46.3 Å². The van der Waals surface area contributed by atoms with Crippen LogP contribution in [0.3, 0.4) is 0 Å². The first kappa shape index (κ1) is 12.4. The molecule has 0 unspecified atom stereocenters. The van der Waals surface area contributed by atoms with Gasteiger partial charge in [-0.15, -0.1) is 0 Å². The van der Waals surface area contributed by atoms with E-state index in [9.17, 15) is 4.39 Å². The summed E-state index contributed by atoms with van der Waals surface area (Å²) >= 11 is 6.61. The van der Waals surface area contributed by atoms with Crippen LogP contribution in [-0.2, 0) is 0 Å². The Balaban J connectivity index is 2.38. The fourth-order valence-corrected chi connectivity index (χ4v) is 2.22. The van der Waals surface area contributed by atoms with E-state index in [-0.39, 0.29) is 5.82 Å². The summed E-state index contributed by atoms with van der Waals surface area (Å²) < 4.78 is 15.1. The molecule has 5 heteroatoms. The summed E-state index contributed by atoms with van der Waals surface area (Å²) in [7, 11) is 0. The van der Waals surface area contributed by atoms with Gasteiger partial charge in [0, 0.05) is 8.95 Å². The average molecular weight is 360 g/mol. The van der Waals surface area contributed by atoms with Gasteiger partial charge in [-0.25, -0.2) is 4.39 Å². The van der Waals surface area contributed by atoms with Crippen molar-refractivity contribution in [2.24, 2.45) is 0 Å². The van der Waals surface area contributed by atoms with Gasteiger partial charge in [0.1, 0.15) is 5.82 Å². The maximum atomic E-state index is 13.6. The van der Waals surface area contributed by atoms with E-state index in [1.807, 2.05) is 6.07 Å². The molecule has 0 bridgehead atoms. The zero-order valence-electron chi connectivity index (χ0n) is 8.68. The molecule has 17 heavy (non-hydrogen) atoms. The van der Waals surface area contributed by atoms with Gasteiger partial charge in [-0.3, -0.25) is 0 Å². The van der Waals surface area contributed by atoms with Crippen LogP contribution in [0, 0.1) is 5.82 Å². The third-order valence-electron chi connectivity index (χ3n) is 2.24. The van der Waals surface area contributed by atoms with Crippen molar-refractivity contribution in [1.82, 2.24) is 0 Å². The van der Waals surface area contributed by atoms with Crippen molar-refractivity contribution in [3.63, 3.8) is 0 Å². The molecule has 0 aliphatic carbocycles. The Morgan fingerprint density at radius 3 is 2.53 bits per heavy atom. The second-order valence-corrected chi connectivity index (χ2v) is 5.22. The third-order valence-corrected chi connectivity index (χ3v) is 3.39. The Morgan fingerprint density at radius 1 is 1.12 bits per heavy atom. The molecule has 0 saturated carbocycles. The molecule has 2 rings (SSSR count). The maximum Gasteiger partial charge on any atom is 0.147 e. The molecule has 2 aromatic carbocycles. The standard InChI is InChI=1S/C12H9Br2FN2/c13-7-4-5-11(10(16)6-7)17-12-8(14)2-1-3-9(12)15/h1-6,17H,16H2. The zero-order valence-corrected chi connectivity index (χ0v) is 11.8. The molecule has 0 spiro atoms. The van der Waals surface area contributed by atoms with E-state index in [4.69, 9.17) is 5.73 Å². The molecule has 0 aromatic heterocycles. The molecule has 2 nitrogen and oxygen atoms in total. The van der Waals surface area contributed by atoms with E-state index in [0.29, 0.717) is 21.5 Å². The van der Waals surface area contributed by atoms with Crippen LogP contribution in [0.1, 0.15) is 0 Å². The molecule has 0 amide bonds. The highest BCUT2D eigenvalue weighted by atomic mass is 79.9. The van der Waals surface area contributed by atoms with Crippen molar-refractivity contribution in [1.29, 1.82) is 0 Å². The number of benzene rings is 2. The normalized spacial score (nSPS) is 10.3. The molecule has 0 radical (unpaired) electrons. The van der Waals surface area contributed by atoms with E-state index in [1.54, 1.807) is 24.3 Å². The predicted molar refractivity (Wildman–Crippen MR) is 75.9 cm³/mol. The van der Waals surface area contributed by atoms with Crippen molar-refractivity contribution in [3.8, 4) is 0 Å². The molecule has 3 N–H and O–H groups in total. The van der Waals surface area contributed by atoms with E-state index >= 15 is 0 Å². The lowest BCUT2D eigenvalue weighted by Crippen LogP contribution is -1.98. The minimum absolute atomic E-state index is 0.332. The van der Waals surface area contributed by atoms with Gasteiger partial charge in [0.25, 0.3) is 0 Å². The van der Waals surface area contributed by atoms with Gasteiger partial charge in [0.05, 0.1) is 17.1 Å². The molecule has 0 fully saturated rings. The zero-order chi connectivity index (χ0) is 12.4. The number of hydrogen-bond donors (Lipinski definition) is 2. The van der Waals surface area contributed by atoms with Crippen molar-refractivity contribution < 1.29 is 4.39 Å². The lowest BCUT2D eigenvalue weighted by Gasteiger charge is -2.12. The first-order valence-corrected chi connectivity index (χ1v) is 6.42. The molecule has 88 valence electrons. The van der Waals surface area contributed by atoms with Crippen LogP contribution in [0.15, 0.2) is 45.3 Å². The molecule has 0 saturated heterocycles. The van der Waals surface area contributed by atoms with Crippen molar-refractivity contribution in [3.05, 3.63) is 51.2 Å². The average Bonchev–Trinajstić information content (AvgIpc) is 2.26. The van der Waals surface area contributed by atoms with Crippen LogP contribution in [0.5, 0.6) is 0 Å². The van der Waals surface area contributed by atoms with Gasteiger partial charge >= 0.3 is 0 Å². The summed E-state index contributed by atoms with van der Waals surface area (Å²) in [5.41, 5.74) is 7.43. The van der Waals surface area contributed by atoms with Gasteiger partial charge < -0.3 is 11.1 Å². The van der Waals surface area contributed by atoms with Crippen molar-refractivity contribution >= 4 is 48.9 Å². The van der Waals surface area contributed by atoms with Gasteiger partial charge in [-0.1, -0.05) is 22.0 Å². The van der Waals surface area contributed by atoms with Crippen LogP contribution >= 0.6 is 31.9 Å². The number of nitrogens with two attached hydrogens (primary N) is 1. The number of hydrogen-bond acceptors (Lipinski definition) is 2. The van der Waals surface area contributed by atoms with Crippen LogP contribution in [0.2, 0.25) is 0 Å². The van der Waals surface area contributed by atoms with Crippen LogP contribution in [0.4, 0.5) is 21.5 Å². The number of halogens is 3. The Hall–Kier alpha value is -1.07. The highest BCUT2D eigenvalue weighted by Gasteiger charge is 2.08. The number of para-hydroxylation sites is 1. The Labute approximate surface area is 115 Å². The summed E-state index contributed by atoms with van der Waals surface area (Å²) in [6.07, 6.45) is 0. The van der Waals surface area contributed by atoms with Crippen molar-refractivity contribution in [2.75, 3.05) is 11.1 Å². The largest absolute Gasteiger partial charge is 0.397 e. The first-order chi connectivity index (χ1) is 8.08. The number of rotatable bonds is 2. The lowest BCUT2D eigenvalue weighted by molar-refractivity contribution is 0.631. The van der Waals surface area contributed by atoms with Gasteiger partial charge in [0.2, 0.25) is 0 Å². The van der Waals surface area contributed by atoms with E-state index in [2.05, 4.69) is 37.2 Å². The number of anilines is 3. The quantitative estimate of drug-likeness (QED) is 0.764.